The number of likely N-dealkylation sites (tertiary alicyclic amines) is 2. The first-order valence-corrected chi connectivity index (χ1v) is 8.93. The van der Waals surface area contributed by atoms with E-state index in [0.29, 0.717) is 19.5 Å². The van der Waals surface area contributed by atoms with E-state index in [-0.39, 0.29) is 22.9 Å². The minimum absolute atomic E-state index is 0.0526. The highest BCUT2D eigenvalue weighted by atomic mass is 19.4. The molecule has 1 N–H and O–H groups in total. The molecule has 7 nitrogen and oxygen atoms in total. The van der Waals surface area contributed by atoms with Gasteiger partial charge in [-0.3, -0.25) is 14.6 Å². The van der Waals surface area contributed by atoms with Gasteiger partial charge >= 0.3 is 12.1 Å². The third-order valence-corrected chi connectivity index (χ3v) is 5.21. The number of hydrogen-bond acceptors (Lipinski definition) is 4. The van der Waals surface area contributed by atoms with Crippen molar-refractivity contribution in [3.8, 4) is 0 Å². The van der Waals surface area contributed by atoms with E-state index in [0.717, 1.165) is 31.9 Å². The van der Waals surface area contributed by atoms with Crippen molar-refractivity contribution in [2.45, 2.75) is 43.8 Å². The number of pyridine rings is 1. The number of alkyl halides is 3. The van der Waals surface area contributed by atoms with Crippen molar-refractivity contribution in [1.29, 1.82) is 0 Å². The number of likely N-dealkylation sites (N-methyl/N-ethyl adjacent to an activating group) is 1. The van der Waals surface area contributed by atoms with Crippen molar-refractivity contribution in [2.75, 3.05) is 20.1 Å². The Morgan fingerprint density at radius 2 is 1.86 bits per heavy atom. The number of halogens is 4. The lowest BCUT2D eigenvalue weighted by molar-refractivity contribution is -0.192. The molecule has 2 fully saturated rings. The van der Waals surface area contributed by atoms with E-state index < -0.39 is 18.0 Å². The Morgan fingerprint density at radius 1 is 1.24 bits per heavy atom. The van der Waals surface area contributed by atoms with Gasteiger partial charge in [-0.1, -0.05) is 0 Å². The van der Waals surface area contributed by atoms with Crippen LogP contribution in [0.4, 0.5) is 17.6 Å². The van der Waals surface area contributed by atoms with E-state index >= 15 is 0 Å². The maximum absolute atomic E-state index is 13.8. The molecule has 1 aromatic heterocycles. The first-order valence-electron chi connectivity index (χ1n) is 8.93. The Kier molecular flexibility index (Phi) is 6.81. The number of aliphatic carboxylic acids is 1. The van der Waals surface area contributed by atoms with Crippen molar-refractivity contribution in [3.05, 3.63) is 29.8 Å². The van der Waals surface area contributed by atoms with Gasteiger partial charge in [-0.15, -0.1) is 0 Å². The van der Waals surface area contributed by atoms with Crippen molar-refractivity contribution >= 4 is 17.8 Å². The average Bonchev–Trinajstić information content (AvgIpc) is 2.66. The van der Waals surface area contributed by atoms with Crippen LogP contribution in [0.3, 0.4) is 0 Å². The minimum atomic E-state index is -5.08. The molecule has 0 aliphatic carbocycles. The van der Waals surface area contributed by atoms with Crippen LogP contribution < -0.4 is 0 Å². The van der Waals surface area contributed by atoms with Crippen LogP contribution >= 0.6 is 0 Å². The van der Waals surface area contributed by atoms with E-state index in [1.54, 1.807) is 9.80 Å². The second-order valence-electron chi connectivity index (χ2n) is 7.02. The fourth-order valence-corrected chi connectivity index (χ4v) is 3.65. The maximum Gasteiger partial charge on any atom is 0.490 e. The van der Waals surface area contributed by atoms with E-state index in [1.807, 2.05) is 7.05 Å². The zero-order chi connectivity index (χ0) is 21.8. The SMILES string of the molecule is CN1C(=O)CCCC12CCCN(C(=O)c1ccncc1F)C2.O=C(O)C(F)(F)F. The number of carboxylic acid groups (broad SMARTS) is 1. The quantitative estimate of drug-likeness (QED) is 0.707. The van der Waals surface area contributed by atoms with E-state index in [1.165, 1.54) is 12.3 Å². The van der Waals surface area contributed by atoms with Gasteiger partial charge in [0.05, 0.1) is 17.3 Å². The van der Waals surface area contributed by atoms with Gasteiger partial charge in [0.25, 0.3) is 5.91 Å². The average molecular weight is 419 g/mol. The van der Waals surface area contributed by atoms with Gasteiger partial charge in [-0.05, 0) is 31.7 Å². The van der Waals surface area contributed by atoms with Gasteiger partial charge < -0.3 is 14.9 Å². The molecule has 29 heavy (non-hydrogen) atoms. The summed E-state index contributed by atoms with van der Waals surface area (Å²) in [5.74, 6) is -3.53. The third-order valence-electron chi connectivity index (χ3n) is 5.21. The molecule has 3 heterocycles. The molecule has 1 aromatic rings. The fourth-order valence-electron chi connectivity index (χ4n) is 3.65. The monoisotopic (exact) mass is 419 g/mol. The summed E-state index contributed by atoms with van der Waals surface area (Å²) in [6.45, 7) is 1.08. The van der Waals surface area contributed by atoms with Crippen LogP contribution in [0, 0.1) is 5.82 Å². The molecule has 2 aliphatic rings. The topological polar surface area (TPSA) is 90.8 Å². The Balaban J connectivity index is 0.000000370. The van der Waals surface area contributed by atoms with Crippen molar-refractivity contribution in [1.82, 2.24) is 14.8 Å². The number of piperidine rings is 2. The second kappa shape index (κ2) is 8.75. The molecule has 0 radical (unpaired) electrons. The molecule has 0 bridgehead atoms. The Hall–Kier alpha value is -2.72. The van der Waals surface area contributed by atoms with Crippen LogP contribution in [0.1, 0.15) is 42.5 Å². The highest BCUT2D eigenvalue weighted by Gasteiger charge is 2.44. The third kappa shape index (κ3) is 5.21. The number of hydrogen-bond donors (Lipinski definition) is 1. The summed E-state index contributed by atoms with van der Waals surface area (Å²) in [5, 5.41) is 7.12. The summed E-state index contributed by atoms with van der Waals surface area (Å²) in [6.07, 6.45) is 1.46. The lowest BCUT2D eigenvalue weighted by Crippen LogP contribution is -2.61. The van der Waals surface area contributed by atoms with Crippen molar-refractivity contribution in [2.24, 2.45) is 0 Å². The lowest BCUT2D eigenvalue weighted by Gasteiger charge is -2.50. The molecule has 1 spiro atoms. The molecule has 0 saturated carbocycles. The highest BCUT2D eigenvalue weighted by molar-refractivity contribution is 5.94. The lowest BCUT2D eigenvalue weighted by atomic mass is 9.80. The van der Waals surface area contributed by atoms with Gasteiger partial charge in [0, 0.05) is 32.8 Å². The van der Waals surface area contributed by atoms with Crippen LogP contribution in [0.5, 0.6) is 0 Å². The molecule has 160 valence electrons. The summed E-state index contributed by atoms with van der Waals surface area (Å²) in [6, 6.07) is 1.41. The number of amides is 2. The fraction of sp³-hybridized carbons (Fsp3) is 0.556. The van der Waals surface area contributed by atoms with Crippen LogP contribution in [0.2, 0.25) is 0 Å². The maximum atomic E-state index is 13.8. The molecule has 1 atom stereocenters. The Bertz CT molecular complexity index is 783. The van der Waals surface area contributed by atoms with E-state index in [9.17, 15) is 27.2 Å². The van der Waals surface area contributed by atoms with Gasteiger partial charge in [0.1, 0.15) is 0 Å². The molecule has 2 aliphatic heterocycles. The van der Waals surface area contributed by atoms with Crippen LogP contribution in [0.15, 0.2) is 18.5 Å². The second-order valence-corrected chi connectivity index (χ2v) is 7.02. The van der Waals surface area contributed by atoms with Gasteiger partial charge in [-0.2, -0.15) is 13.2 Å². The molecule has 1 unspecified atom stereocenters. The number of nitrogens with zero attached hydrogens (tertiary/aromatic N) is 3. The largest absolute Gasteiger partial charge is 0.490 e. The predicted octanol–water partition coefficient (Wildman–Crippen LogP) is 2.47. The first-order chi connectivity index (χ1) is 13.5. The molecule has 11 heteroatoms. The standard InChI is InChI=1S/C16H20FN3O2.C2HF3O2/c1-19-14(21)4-2-6-16(19)7-3-9-20(11-16)15(22)12-5-8-18-10-13(12)17;3-2(4,5)1(6)7/h5,8,10H,2-4,6-7,9,11H2,1H3;(H,6,7). The van der Waals surface area contributed by atoms with Gasteiger partial charge in [-0.25, -0.2) is 9.18 Å². The zero-order valence-electron chi connectivity index (χ0n) is 15.7. The molecular formula is C18H21F4N3O4. The molecule has 2 amide bonds. The van der Waals surface area contributed by atoms with Crippen LogP contribution in [-0.2, 0) is 9.59 Å². The van der Waals surface area contributed by atoms with Crippen molar-refractivity contribution < 1.29 is 37.1 Å². The zero-order valence-corrected chi connectivity index (χ0v) is 15.7. The normalized spacial score (nSPS) is 22.2. The first kappa shape index (κ1) is 22.6. The summed E-state index contributed by atoms with van der Waals surface area (Å²) >= 11 is 0. The number of carbonyl (C=O) groups excluding carboxylic acids is 2. The summed E-state index contributed by atoms with van der Waals surface area (Å²) in [5.41, 5.74) is -0.232. The molecular weight excluding hydrogens is 398 g/mol. The summed E-state index contributed by atoms with van der Waals surface area (Å²) < 4.78 is 45.5. The number of rotatable bonds is 1. The molecule has 3 rings (SSSR count). The Labute approximate surface area is 164 Å². The van der Waals surface area contributed by atoms with E-state index in [2.05, 4.69) is 4.98 Å². The molecule has 0 aromatic carbocycles. The number of carbonyl (C=O) groups is 3. The number of carboxylic acids is 1. The predicted molar refractivity (Wildman–Crippen MR) is 92.4 cm³/mol. The Morgan fingerprint density at radius 3 is 2.45 bits per heavy atom. The number of aromatic nitrogens is 1. The van der Waals surface area contributed by atoms with Gasteiger partial charge in [0.15, 0.2) is 5.82 Å². The van der Waals surface area contributed by atoms with Crippen molar-refractivity contribution in [3.63, 3.8) is 0 Å². The van der Waals surface area contributed by atoms with Crippen LogP contribution in [-0.4, -0.2) is 69.5 Å². The smallest absolute Gasteiger partial charge is 0.475 e. The summed E-state index contributed by atoms with van der Waals surface area (Å²) in [4.78, 5) is 40.7. The minimum Gasteiger partial charge on any atom is -0.475 e. The van der Waals surface area contributed by atoms with Gasteiger partial charge in [0.2, 0.25) is 5.91 Å². The highest BCUT2D eigenvalue weighted by Crippen LogP contribution is 2.36. The van der Waals surface area contributed by atoms with Crippen LogP contribution in [0.25, 0.3) is 0 Å². The summed E-state index contributed by atoms with van der Waals surface area (Å²) in [7, 11) is 1.82. The van der Waals surface area contributed by atoms with E-state index in [4.69, 9.17) is 9.90 Å². The molecule has 2 saturated heterocycles.